The van der Waals surface area contributed by atoms with Crippen LogP contribution in [0, 0.1) is 0 Å². The maximum atomic E-state index is 4.49. The zero-order valence-corrected chi connectivity index (χ0v) is 9.21. The molecule has 1 fully saturated rings. The van der Waals surface area contributed by atoms with Gasteiger partial charge in [0.1, 0.15) is 5.84 Å². The Morgan fingerprint density at radius 3 is 3.00 bits per heavy atom. The van der Waals surface area contributed by atoms with Crippen LogP contribution in [0.3, 0.4) is 0 Å². The number of hydrogen-bond donors (Lipinski definition) is 2. The Hall–Kier alpha value is -0.830. The lowest BCUT2D eigenvalue weighted by Crippen LogP contribution is -2.43. The number of amidine groups is 1. The summed E-state index contributed by atoms with van der Waals surface area (Å²) in [7, 11) is 0. The van der Waals surface area contributed by atoms with Crippen molar-refractivity contribution in [3.8, 4) is 0 Å². The van der Waals surface area contributed by atoms with E-state index in [-0.39, 0.29) is 0 Å². The molecule has 1 atom stereocenters. The largest absolute Gasteiger partial charge is 0.370 e. The second-order valence-electron chi connectivity index (χ2n) is 3.96. The number of aliphatic imine (C=N–C) groups is 1. The minimum Gasteiger partial charge on any atom is -0.370 e. The first-order valence-corrected chi connectivity index (χ1v) is 5.39. The van der Waals surface area contributed by atoms with Crippen LogP contribution in [-0.4, -0.2) is 31.0 Å². The Balaban J connectivity index is 2.54. The second-order valence-corrected chi connectivity index (χ2v) is 3.96. The lowest BCUT2D eigenvalue weighted by molar-refractivity contribution is 0.666. The van der Waals surface area contributed by atoms with Gasteiger partial charge >= 0.3 is 0 Å². The van der Waals surface area contributed by atoms with E-state index < -0.39 is 0 Å². The van der Waals surface area contributed by atoms with Crippen LogP contribution in [0.2, 0.25) is 0 Å². The summed E-state index contributed by atoms with van der Waals surface area (Å²) < 4.78 is 0. The highest BCUT2D eigenvalue weighted by Crippen LogP contribution is 2.06. The van der Waals surface area contributed by atoms with Gasteiger partial charge in [-0.2, -0.15) is 0 Å². The lowest BCUT2D eigenvalue weighted by Gasteiger charge is -2.18. The summed E-state index contributed by atoms with van der Waals surface area (Å²) in [6.07, 6.45) is 4.27. The van der Waals surface area contributed by atoms with Crippen LogP contribution in [0.15, 0.2) is 17.6 Å². The molecule has 0 aromatic carbocycles. The van der Waals surface area contributed by atoms with Gasteiger partial charge in [-0.25, -0.2) is 0 Å². The van der Waals surface area contributed by atoms with Crippen molar-refractivity contribution in [3.63, 3.8) is 0 Å². The fourth-order valence-electron chi connectivity index (χ4n) is 1.63. The molecule has 0 aromatic heterocycles. The molecule has 0 spiro atoms. The monoisotopic (exact) mass is 195 g/mol. The first-order chi connectivity index (χ1) is 6.74. The number of rotatable bonds is 4. The van der Waals surface area contributed by atoms with Crippen LogP contribution in [0.5, 0.6) is 0 Å². The SMILES string of the molecule is C=CCN=C(NC(C)C)[C@@H]1CCCN1. The van der Waals surface area contributed by atoms with Gasteiger partial charge in [0, 0.05) is 6.04 Å². The van der Waals surface area contributed by atoms with Crippen molar-refractivity contribution in [1.29, 1.82) is 0 Å². The van der Waals surface area contributed by atoms with Gasteiger partial charge in [0.25, 0.3) is 0 Å². The molecule has 1 rings (SSSR count). The zero-order chi connectivity index (χ0) is 10.4. The summed E-state index contributed by atoms with van der Waals surface area (Å²) in [5, 5.41) is 6.84. The molecule has 1 heterocycles. The van der Waals surface area contributed by atoms with Crippen molar-refractivity contribution < 1.29 is 0 Å². The molecule has 0 bridgehead atoms. The number of nitrogens with one attached hydrogen (secondary N) is 2. The van der Waals surface area contributed by atoms with Crippen LogP contribution in [0.4, 0.5) is 0 Å². The van der Waals surface area contributed by atoms with Crippen LogP contribution in [0.25, 0.3) is 0 Å². The van der Waals surface area contributed by atoms with Gasteiger partial charge in [-0.3, -0.25) is 4.99 Å². The third-order valence-electron chi connectivity index (χ3n) is 2.22. The minimum absolute atomic E-state index is 0.428. The van der Waals surface area contributed by atoms with Crippen molar-refractivity contribution in [3.05, 3.63) is 12.7 Å². The average molecular weight is 195 g/mol. The molecule has 1 saturated heterocycles. The van der Waals surface area contributed by atoms with E-state index >= 15 is 0 Å². The van der Waals surface area contributed by atoms with Gasteiger partial charge in [-0.1, -0.05) is 6.08 Å². The van der Waals surface area contributed by atoms with E-state index in [1.54, 1.807) is 0 Å². The van der Waals surface area contributed by atoms with Crippen molar-refractivity contribution in [1.82, 2.24) is 10.6 Å². The topological polar surface area (TPSA) is 36.4 Å². The summed E-state index contributed by atoms with van der Waals surface area (Å²) in [4.78, 5) is 4.49. The van der Waals surface area contributed by atoms with Gasteiger partial charge in [0.2, 0.25) is 0 Å². The van der Waals surface area contributed by atoms with E-state index in [1.807, 2.05) is 6.08 Å². The molecule has 0 aliphatic carbocycles. The van der Waals surface area contributed by atoms with E-state index in [9.17, 15) is 0 Å². The molecule has 0 aromatic rings. The summed E-state index contributed by atoms with van der Waals surface area (Å²) in [6.45, 7) is 9.77. The van der Waals surface area contributed by atoms with Gasteiger partial charge in [-0.15, -0.1) is 6.58 Å². The molecule has 3 heteroatoms. The standard InChI is InChI=1S/C11H21N3/c1-4-7-13-11(14-9(2)3)10-6-5-8-12-10/h4,9-10,12H,1,5-8H2,2-3H3,(H,13,14)/t10-/m0/s1. The highest BCUT2D eigenvalue weighted by Gasteiger charge is 2.19. The van der Waals surface area contributed by atoms with Crippen molar-refractivity contribution in [2.75, 3.05) is 13.1 Å². The van der Waals surface area contributed by atoms with E-state index in [2.05, 4.69) is 36.1 Å². The quantitative estimate of drug-likeness (QED) is 0.403. The van der Waals surface area contributed by atoms with E-state index in [0.29, 0.717) is 18.6 Å². The normalized spacial score (nSPS) is 22.8. The van der Waals surface area contributed by atoms with Gasteiger partial charge < -0.3 is 10.6 Å². The van der Waals surface area contributed by atoms with Crippen LogP contribution >= 0.6 is 0 Å². The predicted molar refractivity (Wildman–Crippen MR) is 61.8 cm³/mol. The van der Waals surface area contributed by atoms with Gasteiger partial charge in [0.15, 0.2) is 0 Å². The first kappa shape index (κ1) is 11.2. The number of hydrogen-bond acceptors (Lipinski definition) is 2. The smallest absolute Gasteiger partial charge is 0.114 e. The van der Waals surface area contributed by atoms with Crippen LogP contribution < -0.4 is 10.6 Å². The highest BCUT2D eigenvalue weighted by atomic mass is 15.1. The first-order valence-electron chi connectivity index (χ1n) is 5.39. The number of nitrogens with zero attached hydrogens (tertiary/aromatic N) is 1. The Kier molecular flexibility index (Phi) is 4.66. The fraction of sp³-hybridized carbons (Fsp3) is 0.727. The van der Waals surface area contributed by atoms with Crippen molar-refractivity contribution in [2.24, 2.45) is 4.99 Å². The molecule has 1 aliphatic rings. The molecule has 1 aliphatic heterocycles. The Morgan fingerprint density at radius 1 is 1.71 bits per heavy atom. The molecule has 14 heavy (non-hydrogen) atoms. The Morgan fingerprint density at radius 2 is 2.50 bits per heavy atom. The minimum atomic E-state index is 0.428. The average Bonchev–Trinajstić information content (AvgIpc) is 2.64. The van der Waals surface area contributed by atoms with Crippen molar-refractivity contribution >= 4 is 5.84 Å². The Bertz CT molecular complexity index is 203. The molecule has 2 N–H and O–H groups in total. The summed E-state index contributed by atoms with van der Waals surface area (Å²) >= 11 is 0. The van der Waals surface area contributed by atoms with E-state index in [4.69, 9.17) is 0 Å². The fourth-order valence-corrected chi connectivity index (χ4v) is 1.63. The molecule has 0 radical (unpaired) electrons. The summed E-state index contributed by atoms with van der Waals surface area (Å²) in [5.74, 6) is 1.09. The lowest BCUT2D eigenvalue weighted by atomic mass is 10.2. The van der Waals surface area contributed by atoms with Crippen LogP contribution in [-0.2, 0) is 0 Å². The van der Waals surface area contributed by atoms with Crippen LogP contribution in [0.1, 0.15) is 26.7 Å². The maximum Gasteiger partial charge on any atom is 0.114 e. The zero-order valence-electron chi connectivity index (χ0n) is 9.21. The van der Waals surface area contributed by atoms with E-state index in [0.717, 1.165) is 12.4 Å². The molecular weight excluding hydrogens is 174 g/mol. The van der Waals surface area contributed by atoms with Gasteiger partial charge in [0.05, 0.1) is 12.6 Å². The maximum absolute atomic E-state index is 4.49. The third kappa shape index (κ3) is 3.50. The highest BCUT2D eigenvalue weighted by molar-refractivity contribution is 5.88. The van der Waals surface area contributed by atoms with E-state index in [1.165, 1.54) is 12.8 Å². The van der Waals surface area contributed by atoms with Crippen molar-refractivity contribution in [2.45, 2.75) is 38.8 Å². The third-order valence-corrected chi connectivity index (χ3v) is 2.22. The van der Waals surface area contributed by atoms with Gasteiger partial charge in [-0.05, 0) is 33.2 Å². The molecule has 3 nitrogen and oxygen atoms in total. The Labute approximate surface area is 86.7 Å². The summed E-state index contributed by atoms with van der Waals surface area (Å²) in [5.41, 5.74) is 0. The summed E-state index contributed by atoms with van der Waals surface area (Å²) in [6, 6.07) is 0.873. The molecule has 0 saturated carbocycles. The molecule has 0 unspecified atom stereocenters. The molecule has 80 valence electrons. The predicted octanol–water partition coefficient (Wildman–Crippen LogP) is 1.32. The second kappa shape index (κ2) is 5.81. The molecule has 0 amide bonds. The molecular formula is C11H21N3.